The van der Waals surface area contributed by atoms with Gasteiger partial charge in [0, 0.05) is 17.5 Å². The van der Waals surface area contributed by atoms with Gasteiger partial charge in [0.05, 0.1) is 9.79 Å². The van der Waals surface area contributed by atoms with Crippen molar-refractivity contribution in [1.29, 1.82) is 0 Å². The van der Waals surface area contributed by atoms with Crippen molar-refractivity contribution in [3.63, 3.8) is 0 Å². The molecule has 6 nitrogen and oxygen atoms in total. The normalized spacial score (nSPS) is 13.7. The smallest absolute Gasteiger partial charge is 0.243 e. The van der Waals surface area contributed by atoms with Crippen molar-refractivity contribution >= 4 is 27.0 Å². The summed E-state index contributed by atoms with van der Waals surface area (Å²) >= 11 is 5.81. The second-order valence-electron chi connectivity index (χ2n) is 5.75. The Labute approximate surface area is 156 Å². The number of carbonyl (C=O) groups is 1. The molecule has 0 aliphatic heterocycles. The van der Waals surface area contributed by atoms with Crippen LogP contribution in [-0.4, -0.2) is 31.0 Å². The molecular formula is C18H19ClN2O4S. The summed E-state index contributed by atoms with van der Waals surface area (Å²) in [6.45, 7) is 2.79. The lowest BCUT2D eigenvalue weighted by atomic mass is 10.2. The Morgan fingerprint density at radius 3 is 2.08 bits per heavy atom. The molecule has 1 amide bonds. The zero-order valence-electron chi connectivity index (χ0n) is 14.2. The Morgan fingerprint density at radius 2 is 1.62 bits per heavy atom. The number of carbonyl (C=O) groups excluding carboxylic acids is 1. The van der Waals surface area contributed by atoms with Crippen LogP contribution < -0.4 is 5.14 Å². The minimum Gasteiger partial charge on any atom is -0.285 e. The summed E-state index contributed by atoms with van der Waals surface area (Å²) in [5, 5.41) is 16.3. The fourth-order valence-corrected chi connectivity index (χ4v) is 3.88. The maximum absolute atomic E-state index is 13.0. The maximum Gasteiger partial charge on any atom is 0.243 e. The summed E-state index contributed by atoms with van der Waals surface area (Å²) < 4.78 is 23.7. The molecule has 8 heteroatoms. The average molecular weight is 395 g/mol. The standard InChI is InChI=1S/C18H19ClN2O4S/c1-13(21(23)14(2)22)3-4-15-5-9-17(10-6-15)26(20,24,25)18-11-7-16(19)8-12-18/h5-13,23H,1-2H3,(H3,20,24,25). The molecule has 1 atom stereocenters. The van der Waals surface area contributed by atoms with Gasteiger partial charge in [0.25, 0.3) is 0 Å². The Morgan fingerprint density at radius 1 is 1.15 bits per heavy atom. The quantitative estimate of drug-likeness (QED) is 0.423. The van der Waals surface area contributed by atoms with E-state index in [1.54, 1.807) is 6.92 Å². The van der Waals surface area contributed by atoms with E-state index in [0.29, 0.717) is 15.6 Å². The first kappa shape index (κ1) is 20.1. The molecule has 138 valence electrons. The predicted octanol–water partition coefficient (Wildman–Crippen LogP) is 2.90. The minimum absolute atomic E-state index is 0.0374. The highest BCUT2D eigenvalue weighted by Crippen LogP contribution is 2.35. The van der Waals surface area contributed by atoms with E-state index in [0.717, 1.165) is 0 Å². The lowest BCUT2D eigenvalue weighted by molar-refractivity contribution is -0.166. The molecule has 4 N–H and O–H groups in total. The first-order valence-electron chi connectivity index (χ1n) is 7.58. The van der Waals surface area contributed by atoms with Crippen molar-refractivity contribution in [2.24, 2.45) is 5.14 Å². The van der Waals surface area contributed by atoms with Crippen molar-refractivity contribution in [3.8, 4) is 11.8 Å². The molecule has 2 aromatic rings. The largest absolute Gasteiger partial charge is 0.285 e. The summed E-state index contributed by atoms with van der Waals surface area (Å²) in [6.07, 6.45) is 0. The van der Waals surface area contributed by atoms with Gasteiger partial charge in [-0.15, -0.1) is 0 Å². The van der Waals surface area contributed by atoms with Crippen molar-refractivity contribution in [3.05, 3.63) is 59.1 Å². The molecule has 0 saturated heterocycles. The van der Waals surface area contributed by atoms with Gasteiger partial charge < -0.3 is 0 Å². The monoisotopic (exact) mass is 394 g/mol. The van der Waals surface area contributed by atoms with Crippen LogP contribution >= 0.6 is 11.6 Å². The summed E-state index contributed by atoms with van der Waals surface area (Å²) in [5.41, 5.74) is 0.539. The lowest BCUT2D eigenvalue weighted by Crippen LogP contribution is -2.42. The van der Waals surface area contributed by atoms with Crippen LogP contribution in [0.4, 0.5) is 0 Å². The number of halogens is 1. The Hall–Kier alpha value is -2.21. The van der Waals surface area contributed by atoms with Gasteiger partial charge in [-0.05, 0) is 55.5 Å². The SMILES string of the molecule is CC(=O)N(O)C(C)C#Cc1ccc(S(N)(=O)(O)c2ccc(Cl)cc2)cc1. The van der Waals surface area contributed by atoms with Crippen molar-refractivity contribution in [1.82, 2.24) is 5.06 Å². The van der Waals surface area contributed by atoms with Crippen LogP contribution in [-0.2, 0) is 14.3 Å². The molecule has 0 saturated carbocycles. The number of rotatable bonds is 3. The van der Waals surface area contributed by atoms with E-state index >= 15 is 0 Å². The molecular weight excluding hydrogens is 376 g/mol. The number of nitrogens with two attached hydrogens (primary N) is 1. The number of benzene rings is 2. The Balaban J connectivity index is 2.31. The summed E-state index contributed by atoms with van der Waals surface area (Å²) in [4.78, 5) is 11.2. The van der Waals surface area contributed by atoms with Crippen LogP contribution in [0.3, 0.4) is 0 Å². The second kappa shape index (κ2) is 7.19. The van der Waals surface area contributed by atoms with Gasteiger partial charge in [0.1, 0.15) is 6.04 Å². The fraction of sp³-hybridized carbons (Fsp3) is 0.167. The van der Waals surface area contributed by atoms with Crippen LogP contribution in [0.5, 0.6) is 0 Å². The molecule has 0 aliphatic carbocycles. The lowest BCUT2D eigenvalue weighted by Gasteiger charge is -2.38. The number of nitrogens with zero attached hydrogens (tertiary/aromatic N) is 1. The predicted molar refractivity (Wildman–Crippen MR) is 100 cm³/mol. The molecule has 0 fully saturated rings. The molecule has 0 aliphatic rings. The van der Waals surface area contributed by atoms with Gasteiger partial charge in [0.15, 0.2) is 0 Å². The third-order valence-electron chi connectivity index (χ3n) is 3.69. The van der Waals surface area contributed by atoms with Crippen molar-refractivity contribution < 1.29 is 18.8 Å². The molecule has 0 radical (unpaired) electrons. The topological polar surface area (TPSA) is 104 Å². The van der Waals surface area contributed by atoms with E-state index in [-0.39, 0.29) is 9.79 Å². The zero-order valence-corrected chi connectivity index (χ0v) is 15.8. The third-order valence-corrected chi connectivity index (χ3v) is 6.31. The average Bonchev–Trinajstić information content (AvgIpc) is 2.59. The van der Waals surface area contributed by atoms with E-state index < -0.39 is 21.5 Å². The summed E-state index contributed by atoms with van der Waals surface area (Å²) in [5.74, 6) is 4.98. The molecule has 0 heterocycles. The number of hydrogen-bond acceptors (Lipinski definition) is 3. The molecule has 0 bridgehead atoms. The Bertz CT molecular complexity index is 940. The first-order valence-corrected chi connectivity index (χ1v) is 9.94. The van der Waals surface area contributed by atoms with Crippen molar-refractivity contribution in [2.45, 2.75) is 29.7 Å². The van der Waals surface area contributed by atoms with Crippen LogP contribution in [0, 0.1) is 11.8 Å². The van der Waals surface area contributed by atoms with Gasteiger partial charge in [-0.2, -0.15) is 4.21 Å². The molecule has 26 heavy (non-hydrogen) atoms. The first-order chi connectivity index (χ1) is 12.0. The second-order valence-corrected chi connectivity index (χ2v) is 9.06. The van der Waals surface area contributed by atoms with E-state index in [4.69, 9.17) is 16.7 Å². The fourth-order valence-electron chi connectivity index (χ4n) is 2.16. The summed E-state index contributed by atoms with van der Waals surface area (Å²) in [7, 11) is -4.73. The van der Waals surface area contributed by atoms with Crippen LogP contribution in [0.25, 0.3) is 0 Å². The highest BCUT2D eigenvalue weighted by Gasteiger charge is 2.27. The van der Waals surface area contributed by atoms with E-state index in [1.807, 2.05) is 0 Å². The van der Waals surface area contributed by atoms with Gasteiger partial charge in [-0.1, -0.05) is 33.0 Å². The molecule has 0 aromatic heterocycles. The van der Waals surface area contributed by atoms with Crippen LogP contribution in [0.1, 0.15) is 19.4 Å². The zero-order chi connectivity index (χ0) is 19.6. The van der Waals surface area contributed by atoms with E-state index in [1.165, 1.54) is 55.5 Å². The van der Waals surface area contributed by atoms with E-state index in [9.17, 15) is 18.8 Å². The summed E-state index contributed by atoms with van der Waals surface area (Å²) in [6, 6.07) is 11.0. The molecule has 2 rings (SSSR count). The maximum atomic E-state index is 13.0. The number of hydroxylamine groups is 2. The van der Waals surface area contributed by atoms with Crippen molar-refractivity contribution in [2.75, 3.05) is 0 Å². The van der Waals surface area contributed by atoms with Gasteiger partial charge in [0.2, 0.25) is 5.91 Å². The highest BCUT2D eigenvalue weighted by atomic mass is 35.5. The van der Waals surface area contributed by atoms with Gasteiger partial charge in [-0.3, -0.25) is 14.6 Å². The third kappa shape index (κ3) is 4.30. The highest BCUT2D eigenvalue weighted by molar-refractivity contribution is 8.13. The number of hydrogen-bond donors (Lipinski definition) is 3. The Kier molecular flexibility index (Phi) is 5.56. The minimum atomic E-state index is -4.73. The molecule has 0 spiro atoms. The van der Waals surface area contributed by atoms with E-state index in [2.05, 4.69) is 11.8 Å². The van der Waals surface area contributed by atoms with Gasteiger partial charge in [-0.25, -0.2) is 10.2 Å². The van der Waals surface area contributed by atoms with Gasteiger partial charge >= 0.3 is 0 Å². The molecule has 2 aromatic carbocycles. The number of amides is 1. The van der Waals surface area contributed by atoms with Crippen LogP contribution in [0.15, 0.2) is 58.3 Å². The van der Waals surface area contributed by atoms with Crippen LogP contribution in [0.2, 0.25) is 5.02 Å². The molecule has 1 unspecified atom stereocenters.